The molecule has 1 amide bonds. The van der Waals surface area contributed by atoms with Gasteiger partial charge in [0.1, 0.15) is 0 Å². The van der Waals surface area contributed by atoms with E-state index in [4.69, 9.17) is 4.74 Å². The van der Waals surface area contributed by atoms with E-state index in [-0.39, 0.29) is 23.4 Å². The molecular formula is C16H20N4O3S. The number of nitrogens with zero attached hydrogens (tertiary/aromatic N) is 3. The molecule has 1 aromatic heterocycles. The number of hydrogen-bond acceptors (Lipinski definition) is 5. The molecule has 1 aromatic carbocycles. The van der Waals surface area contributed by atoms with Crippen LogP contribution < -0.4 is 5.69 Å². The SMILES string of the molecule is CC(c1ccccc1)n1c(SCC(=O)N2CCOCC2)n[nH]c1=O. The smallest absolute Gasteiger partial charge is 0.344 e. The van der Waals surface area contributed by atoms with Crippen molar-refractivity contribution in [3.63, 3.8) is 0 Å². The van der Waals surface area contributed by atoms with Crippen molar-refractivity contribution in [1.82, 2.24) is 19.7 Å². The first-order chi connectivity index (χ1) is 11.7. The summed E-state index contributed by atoms with van der Waals surface area (Å²) in [4.78, 5) is 26.2. The Morgan fingerprint density at radius 2 is 2.04 bits per heavy atom. The molecule has 1 unspecified atom stereocenters. The summed E-state index contributed by atoms with van der Waals surface area (Å²) in [6, 6.07) is 9.59. The number of morpholine rings is 1. The summed E-state index contributed by atoms with van der Waals surface area (Å²) in [5.74, 6) is 0.295. The van der Waals surface area contributed by atoms with Gasteiger partial charge in [0.25, 0.3) is 0 Å². The van der Waals surface area contributed by atoms with E-state index in [1.54, 1.807) is 9.47 Å². The lowest BCUT2D eigenvalue weighted by Gasteiger charge is -2.26. The van der Waals surface area contributed by atoms with Gasteiger partial charge in [-0.15, -0.1) is 5.10 Å². The van der Waals surface area contributed by atoms with Crippen LogP contribution in [0.4, 0.5) is 0 Å². The van der Waals surface area contributed by atoms with E-state index in [1.807, 2.05) is 37.3 Å². The van der Waals surface area contributed by atoms with Gasteiger partial charge >= 0.3 is 5.69 Å². The number of benzene rings is 1. The predicted molar refractivity (Wildman–Crippen MR) is 91.2 cm³/mol. The molecule has 1 aliphatic heterocycles. The molecule has 7 nitrogen and oxygen atoms in total. The van der Waals surface area contributed by atoms with Crippen molar-refractivity contribution in [2.24, 2.45) is 0 Å². The molecule has 0 radical (unpaired) electrons. The lowest BCUT2D eigenvalue weighted by Crippen LogP contribution is -2.41. The summed E-state index contributed by atoms with van der Waals surface area (Å²) < 4.78 is 6.84. The maximum absolute atomic E-state index is 12.3. The van der Waals surface area contributed by atoms with E-state index in [9.17, 15) is 9.59 Å². The van der Waals surface area contributed by atoms with Gasteiger partial charge in [0, 0.05) is 13.1 Å². The molecule has 0 spiro atoms. The molecule has 2 heterocycles. The fourth-order valence-electron chi connectivity index (χ4n) is 2.64. The molecule has 1 atom stereocenters. The number of rotatable bonds is 5. The van der Waals surface area contributed by atoms with Gasteiger partial charge in [0.2, 0.25) is 5.91 Å². The molecule has 1 N–H and O–H groups in total. The summed E-state index contributed by atoms with van der Waals surface area (Å²) in [7, 11) is 0. The van der Waals surface area contributed by atoms with Gasteiger partial charge in [-0.05, 0) is 12.5 Å². The zero-order chi connectivity index (χ0) is 16.9. The molecule has 0 bridgehead atoms. The van der Waals surface area contributed by atoms with Gasteiger partial charge in [0.05, 0.1) is 25.0 Å². The average molecular weight is 348 g/mol. The Balaban J connectivity index is 1.71. The number of ether oxygens (including phenoxy) is 1. The van der Waals surface area contributed by atoms with Crippen LogP contribution in [0.5, 0.6) is 0 Å². The third-order valence-corrected chi connectivity index (χ3v) is 4.97. The van der Waals surface area contributed by atoms with Crippen molar-refractivity contribution in [1.29, 1.82) is 0 Å². The monoisotopic (exact) mass is 348 g/mol. The molecule has 1 fully saturated rings. The third kappa shape index (κ3) is 3.70. The number of amides is 1. The Bertz CT molecular complexity index is 737. The molecule has 0 saturated carbocycles. The Labute approximate surface area is 144 Å². The van der Waals surface area contributed by atoms with Crippen molar-refractivity contribution in [2.45, 2.75) is 18.1 Å². The van der Waals surface area contributed by atoms with Gasteiger partial charge in [-0.3, -0.25) is 9.36 Å². The Kier molecular flexibility index (Phi) is 5.37. The number of carbonyl (C=O) groups excluding carboxylic acids is 1. The molecule has 24 heavy (non-hydrogen) atoms. The van der Waals surface area contributed by atoms with Crippen molar-refractivity contribution in [3.8, 4) is 0 Å². The first-order valence-corrected chi connectivity index (χ1v) is 8.85. The van der Waals surface area contributed by atoms with Crippen LogP contribution in [0.1, 0.15) is 18.5 Å². The minimum Gasteiger partial charge on any atom is -0.378 e. The quantitative estimate of drug-likeness (QED) is 0.820. The van der Waals surface area contributed by atoms with Gasteiger partial charge in [-0.1, -0.05) is 42.1 Å². The highest BCUT2D eigenvalue weighted by Gasteiger charge is 2.20. The fraction of sp³-hybridized carbons (Fsp3) is 0.438. The number of H-pyrrole nitrogens is 1. The largest absolute Gasteiger partial charge is 0.378 e. The average Bonchev–Trinajstić information content (AvgIpc) is 3.01. The fourth-order valence-corrected chi connectivity index (χ4v) is 3.57. The number of thioether (sulfide) groups is 1. The zero-order valence-electron chi connectivity index (χ0n) is 13.5. The highest BCUT2D eigenvalue weighted by atomic mass is 32.2. The second-order valence-corrected chi connectivity index (χ2v) is 6.49. The summed E-state index contributed by atoms with van der Waals surface area (Å²) in [6.45, 7) is 4.34. The molecular weight excluding hydrogens is 328 g/mol. The molecule has 8 heteroatoms. The second kappa shape index (κ2) is 7.67. The Morgan fingerprint density at radius 3 is 2.75 bits per heavy atom. The van der Waals surface area contributed by atoms with Crippen LogP contribution in [0, 0.1) is 0 Å². The summed E-state index contributed by atoms with van der Waals surface area (Å²) in [5, 5.41) is 7.08. The number of carbonyl (C=O) groups is 1. The number of nitrogens with one attached hydrogen (secondary N) is 1. The van der Waals surface area contributed by atoms with Crippen molar-refractivity contribution in [3.05, 3.63) is 46.4 Å². The molecule has 0 aliphatic carbocycles. The van der Waals surface area contributed by atoms with Crippen molar-refractivity contribution in [2.75, 3.05) is 32.1 Å². The second-order valence-electron chi connectivity index (χ2n) is 5.55. The van der Waals surface area contributed by atoms with E-state index < -0.39 is 0 Å². The summed E-state index contributed by atoms with van der Waals surface area (Å²) >= 11 is 1.28. The van der Waals surface area contributed by atoms with Gasteiger partial charge in [-0.25, -0.2) is 9.89 Å². The van der Waals surface area contributed by atoms with Crippen LogP contribution in [0.2, 0.25) is 0 Å². The van der Waals surface area contributed by atoms with E-state index in [2.05, 4.69) is 10.2 Å². The number of aromatic nitrogens is 3. The van der Waals surface area contributed by atoms with Crippen molar-refractivity contribution >= 4 is 17.7 Å². The van der Waals surface area contributed by atoms with Crippen LogP contribution >= 0.6 is 11.8 Å². The first kappa shape index (κ1) is 16.8. The lowest BCUT2D eigenvalue weighted by molar-refractivity contribution is -0.132. The summed E-state index contributed by atoms with van der Waals surface area (Å²) in [5.41, 5.74) is 0.745. The van der Waals surface area contributed by atoms with E-state index in [0.717, 1.165) is 5.56 Å². The van der Waals surface area contributed by atoms with Crippen LogP contribution in [0.15, 0.2) is 40.3 Å². The number of aromatic amines is 1. The maximum atomic E-state index is 12.3. The van der Waals surface area contributed by atoms with Crippen LogP contribution in [0.3, 0.4) is 0 Å². The highest BCUT2D eigenvalue weighted by molar-refractivity contribution is 7.99. The molecule has 128 valence electrons. The highest BCUT2D eigenvalue weighted by Crippen LogP contribution is 2.22. The van der Waals surface area contributed by atoms with Crippen LogP contribution in [-0.2, 0) is 9.53 Å². The Hall–Kier alpha value is -2.06. The zero-order valence-corrected chi connectivity index (χ0v) is 14.3. The first-order valence-electron chi connectivity index (χ1n) is 7.87. The normalized spacial score (nSPS) is 16.1. The van der Waals surface area contributed by atoms with Crippen LogP contribution in [0.25, 0.3) is 0 Å². The third-order valence-electron chi connectivity index (χ3n) is 4.03. The molecule has 1 aliphatic rings. The lowest BCUT2D eigenvalue weighted by atomic mass is 10.1. The topological polar surface area (TPSA) is 80.2 Å². The van der Waals surface area contributed by atoms with Gasteiger partial charge in [0.15, 0.2) is 5.16 Å². The minimum absolute atomic E-state index is 0.0395. The van der Waals surface area contributed by atoms with E-state index in [1.165, 1.54) is 11.8 Å². The molecule has 2 aromatic rings. The van der Waals surface area contributed by atoms with Crippen LogP contribution in [-0.4, -0.2) is 57.6 Å². The summed E-state index contributed by atoms with van der Waals surface area (Å²) in [6.07, 6.45) is 0. The van der Waals surface area contributed by atoms with Crippen molar-refractivity contribution < 1.29 is 9.53 Å². The van der Waals surface area contributed by atoms with Gasteiger partial charge in [-0.2, -0.15) is 0 Å². The van der Waals surface area contributed by atoms with Gasteiger partial charge < -0.3 is 9.64 Å². The van der Waals surface area contributed by atoms with E-state index in [0.29, 0.717) is 31.5 Å². The maximum Gasteiger partial charge on any atom is 0.344 e. The minimum atomic E-state index is -0.271. The standard InChI is InChI=1S/C16H20N4O3S/c1-12(13-5-3-2-4-6-13)20-15(22)17-18-16(20)24-11-14(21)19-7-9-23-10-8-19/h2-6,12H,7-11H2,1H3,(H,17,22). The molecule has 3 rings (SSSR count). The Morgan fingerprint density at radius 1 is 1.33 bits per heavy atom. The molecule has 1 saturated heterocycles. The predicted octanol–water partition coefficient (Wildman–Crippen LogP) is 1.13. The van der Waals surface area contributed by atoms with E-state index >= 15 is 0 Å². The number of hydrogen-bond donors (Lipinski definition) is 1.